The van der Waals surface area contributed by atoms with Gasteiger partial charge in [0.2, 0.25) is 0 Å². The van der Waals surface area contributed by atoms with Crippen molar-refractivity contribution in [1.82, 2.24) is 24.5 Å². The molecule has 0 saturated heterocycles. The standard InChI is InChI=1S/C20H23F3N6O/c1-12-15(10-28(2)27-12)19(30)25-14-8-6-13(7-9-14)24-17-4-3-5-18-26-16(11-29(17)18)20(21,22)23/h3-5,10-11,13-14,24H,6-9H2,1-2H3,(H,25,30). The molecular formula is C20H23F3N6O. The fourth-order valence-electron chi connectivity index (χ4n) is 3.94. The summed E-state index contributed by atoms with van der Waals surface area (Å²) in [7, 11) is 1.78. The summed E-state index contributed by atoms with van der Waals surface area (Å²) in [6.07, 6.45) is 1.42. The molecular weight excluding hydrogens is 397 g/mol. The van der Waals surface area contributed by atoms with Gasteiger partial charge in [0, 0.05) is 31.5 Å². The maximum Gasteiger partial charge on any atom is 0.434 e. The van der Waals surface area contributed by atoms with Crippen LogP contribution >= 0.6 is 0 Å². The van der Waals surface area contributed by atoms with Crippen molar-refractivity contribution in [2.45, 2.75) is 50.9 Å². The van der Waals surface area contributed by atoms with Crippen molar-refractivity contribution < 1.29 is 18.0 Å². The van der Waals surface area contributed by atoms with Gasteiger partial charge < -0.3 is 10.6 Å². The molecule has 1 aliphatic rings. The number of fused-ring (bicyclic) bond motifs is 1. The molecule has 4 rings (SSSR count). The van der Waals surface area contributed by atoms with Gasteiger partial charge in [0.25, 0.3) is 5.91 Å². The van der Waals surface area contributed by atoms with E-state index in [9.17, 15) is 18.0 Å². The second-order valence-corrected chi connectivity index (χ2v) is 7.73. The van der Waals surface area contributed by atoms with Gasteiger partial charge in [0.05, 0.1) is 11.3 Å². The topological polar surface area (TPSA) is 76.2 Å². The van der Waals surface area contributed by atoms with E-state index < -0.39 is 11.9 Å². The zero-order valence-electron chi connectivity index (χ0n) is 16.7. The lowest BCUT2D eigenvalue weighted by Gasteiger charge is -2.30. The number of aromatic nitrogens is 4. The Morgan fingerprint density at radius 1 is 1.13 bits per heavy atom. The Labute approximate surface area is 171 Å². The number of carbonyl (C=O) groups excluding carboxylic acids is 1. The van der Waals surface area contributed by atoms with Crippen LogP contribution in [0.2, 0.25) is 0 Å². The van der Waals surface area contributed by atoms with Gasteiger partial charge in [-0.2, -0.15) is 18.3 Å². The van der Waals surface area contributed by atoms with Crippen LogP contribution in [0.25, 0.3) is 5.65 Å². The number of hydrogen-bond donors (Lipinski definition) is 2. The molecule has 0 aromatic carbocycles. The predicted molar refractivity (Wildman–Crippen MR) is 105 cm³/mol. The van der Waals surface area contributed by atoms with Gasteiger partial charge >= 0.3 is 6.18 Å². The van der Waals surface area contributed by atoms with Gasteiger partial charge in [-0.15, -0.1) is 0 Å². The van der Waals surface area contributed by atoms with Crippen molar-refractivity contribution in [1.29, 1.82) is 0 Å². The van der Waals surface area contributed by atoms with E-state index in [0.717, 1.165) is 31.9 Å². The van der Waals surface area contributed by atoms with Gasteiger partial charge in [0.15, 0.2) is 5.69 Å². The predicted octanol–water partition coefficient (Wildman–Crippen LogP) is 3.55. The lowest BCUT2D eigenvalue weighted by atomic mass is 9.91. The highest BCUT2D eigenvalue weighted by atomic mass is 19.4. The normalized spacial score (nSPS) is 19.8. The van der Waals surface area contributed by atoms with Crippen molar-refractivity contribution in [2.24, 2.45) is 7.05 Å². The Morgan fingerprint density at radius 2 is 1.83 bits per heavy atom. The molecule has 10 heteroatoms. The Kier molecular flexibility index (Phi) is 5.17. The number of carbonyl (C=O) groups is 1. The molecule has 0 spiro atoms. The molecule has 1 amide bonds. The summed E-state index contributed by atoms with van der Waals surface area (Å²) in [5.74, 6) is 0.453. The van der Waals surface area contributed by atoms with Gasteiger partial charge in [0.1, 0.15) is 11.5 Å². The molecule has 0 atom stereocenters. The molecule has 0 unspecified atom stereocenters. The van der Waals surface area contributed by atoms with Crippen LogP contribution in [0.1, 0.15) is 47.4 Å². The molecule has 3 aromatic heterocycles. The van der Waals surface area contributed by atoms with Crippen LogP contribution in [0.3, 0.4) is 0 Å². The van der Waals surface area contributed by atoms with Crippen LogP contribution in [0.4, 0.5) is 19.0 Å². The molecule has 2 N–H and O–H groups in total. The summed E-state index contributed by atoms with van der Waals surface area (Å²) < 4.78 is 42.0. The number of nitrogens with one attached hydrogen (secondary N) is 2. The minimum absolute atomic E-state index is 0.0658. The third-order valence-corrected chi connectivity index (χ3v) is 5.46. The number of nitrogens with zero attached hydrogens (tertiary/aromatic N) is 4. The Morgan fingerprint density at radius 3 is 2.47 bits per heavy atom. The molecule has 3 aromatic rings. The summed E-state index contributed by atoms with van der Waals surface area (Å²) in [6, 6.07) is 5.16. The first-order chi connectivity index (χ1) is 14.2. The molecule has 1 saturated carbocycles. The lowest BCUT2D eigenvalue weighted by molar-refractivity contribution is -0.140. The summed E-state index contributed by atoms with van der Waals surface area (Å²) in [6.45, 7) is 1.80. The van der Waals surface area contributed by atoms with E-state index in [2.05, 4.69) is 20.7 Å². The average molecular weight is 420 g/mol. The van der Waals surface area contributed by atoms with Crippen molar-refractivity contribution in [2.75, 3.05) is 5.32 Å². The first-order valence-corrected chi connectivity index (χ1v) is 9.83. The maximum absolute atomic E-state index is 13.0. The van der Waals surface area contributed by atoms with E-state index in [4.69, 9.17) is 0 Å². The van der Waals surface area contributed by atoms with E-state index in [-0.39, 0.29) is 23.6 Å². The highest BCUT2D eigenvalue weighted by Crippen LogP contribution is 2.30. The van der Waals surface area contributed by atoms with Crippen LogP contribution in [-0.4, -0.2) is 37.2 Å². The Balaban J connectivity index is 1.38. The number of imidazole rings is 1. The van der Waals surface area contributed by atoms with Crippen LogP contribution in [-0.2, 0) is 13.2 Å². The largest absolute Gasteiger partial charge is 0.434 e. The highest BCUT2D eigenvalue weighted by molar-refractivity contribution is 5.95. The first kappa shape index (κ1) is 20.2. The smallest absolute Gasteiger partial charge is 0.368 e. The van der Waals surface area contributed by atoms with Gasteiger partial charge in [-0.3, -0.25) is 13.9 Å². The number of anilines is 1. The fourth-order valence-corrected chi connectivity index (χ4v) is 3.94. The third kappa shape index (κ3) is 4.12. The SMILES string of the molecule is Cc1nn(C)cc1C(=O)NC1CCC(Nc2cccc3nc(C(F)(F)F)cn23)CC1. The molecule has 0 aliphatic heterocycles. The number of alkyl halides is 3. The molecule has 1 fully saturated rings. The second kappa shape index (κ2) is 7.66. The Hall–Kier alpha value is -3.04. The fraction of sp³-hybridized carbons (Fsp3) is 0.450. The molecule has 7 nitrogen and oxygen atoms in total. The molecule has 30 heavy (non-hydrogen) atoms. The summed E-state index contributed by atoms with van der Waals surface area (Å²) >= 11 is 0. The van der Waals surface area contributed by atoms with Gasteiger partial charge in [-0.25, -0.2) is 4.98 Å². The molecule has 160 valence electrons. The third-order valence-electron chi connectivity index (χ3n) is 5.46. The molecule has 0 radical (unpaired) electrons. The van der Waals surface area contributed by atoms with Crippen LogP contribution in [0.15, 0.2) is 30.6 Å². The van der Waals surface area contributed by atoms with Crippen LogP contribution in [0.5, 0.6) is 0 Å². The minimum atomic E-state index is -4.48. The summed E-state index contributed by atoms with van der Waals surface area (Å²) in [5.41, 5.74) is 0.607. The van der Waals surface area contributed by atoms with E-state index >= 15 is 0 Å². The monoisotopic (exact) mass is 420 g/mol. The minimum Gasteiger partial charge on any atom is -0.368 e. The molecule has 0 bridgehead atoms. The first-order valence-electron chi connectivity index (χ1n) is 9.83. The summed E-state index contributed by atoms with van der Waals surface area (Å²) in [5, 5.41) is 10.6. The van der Waals surface area contributed by atoms with Crippen LogP contribution in [0, 0.1) is 6.92 Å². The van der Waals surface area contributed by atoms with Crippen molar-refractivity contribution in [3.8, 4) is 0 Å². The number of aryl methyl sites for hydroxylation is 2. The van der Waals surface area contributed by atoms with Crippen molar-refractivity contribution >= 4 is 17.4 Å². The van der Waals surface area contributed by atoms with E-state index in [0.29, 0.717) is 17.1 Å². The maximum atomic E-state index is 13.0. The summed E-state index contributed by atoms with van der Waals surface area (Å²) in [4.78, 5) is 16.1. The number of pyridine rings is 1. The quantitative estimate of drug-likeness (QED) is 0.677. The Bertz CT molecular complexity index is 1060. The van der Waals surface area contributed by atoms with Gasteiger partial charge in [-0.1, -0.05) is 6.07 Å². The average Bonchev–Trinajstić information content (AvgIpc) is 3.27. The number of halogens is 3. The van der Waals surface area contributed by atoms with E-state index in [1.807, 2.05) is 0 Å². The zero-order chi connectivity index (χ0) is 21.5. The number of hydrogen-bond acceptors (Lipinski definition) is 4. The highest BCUT2D eigenvalue weighted by Gasteiger charge is 2.34. The van der Waals surface area contributed by atoms with Crippen molar-refractivity contribution in [3.63, 3.8) is 0 Å². The lowest BCUT2D eigenvalue weighted by Crippen LogP contribution is -2.40. The van der Waals surface area contributed by atoms with Crippen molar-refractivity contribution in [3.05, 3.63) is 47.5 Å². The molecule has 3 heterocycles. The van der Waals surface area contributed by atoms with Gasteiger partial charge in [-0.05, 0) is 44.7 Å². The zero-order valence-corrected chi connectivity index (χ0v) is 16.7. The number of amides is 1. The number of rotatable bonds is 4. The van der Waals surface area contributed by atoms with E-state index in [1.165, 1.54) is 4.40 Å². The molecule has 1 aliphatic carbocycles. The van der Waals surface area contributed by atoms with Crippen LogP contribution < -0.4 is 10.6 Å². The van der Waals surface area contributed by atoms with E-state index in [1.54, 1.807) is 43.0 Å². The second-order valence-electron chi connectivity index (χ2n) is 7.73.